The predicted molar refractivity (Wildman–Crippen MR) is 130 cm³/mol. The number of aliphatic hydroxyl groups is 1. The van der Waals surface area contributed by atoms with Gasteiger partial charge in [0.05, 0.1) is 43.5 Å². The fourth-order valence-electron chi connectivity index (χ4n) is 4.72. The van der Waals surface area contributed by atoms with Gasteiger partial charge >= 0.3 is 5.97 Å². The molecule has 4 atom stereocenters. The topological polar surface area (TPSA) is 116 Å². The first-order valence-electron chi connectivity index (χ1n) is 11.9. The van der Waals surface area contributed by atoms with E-state index in [2.05, 4.69) is 19.7 Å². The average Bonchev–Trinajstić information content (AvgIpc) is 3.60. The zero-order valence-electron chi connectivity index (χ0n) is 19.9. The van der Waals surface area contributed by atoms with Gasteiger partial charge in [0.1, 0.15) is 24.0 Å². The minimum absolute atomic E-state index is 0.161. The number of aromatic nitrogens is 3. The second kappa shape index (κ2) is 9.55. The van der Waals surface area contributed by atoms with Gasteiger partial charge in [-0.05, 0) is 11.6 Å². The highest BCUT2D eigenvalue weighted by Crippen LogP contribution is 2.32. The Morgan fingerprint density at radius 2 is 1.89 bits per heavy atom. The highest BCUT2D eigenvalue weighted by Gasteiger charge is 2.48. The maximum atomic E-state index is 15.0. The van der Waals surface area contributed by atoms with Crippen LogP contribution in [-0.2, 0) is 25.4 Å². The van der Waals surface area contributed by atoms with Crippen LogP contribution in [0.3, 0.4) is 0 Å². The molecule has 3 aromatic heterocycles. The molecule has 4 aromatic rings. The SMILES string of the molecule is COC(=O)Cc1ccc(-c2ccc(-c3nc4cc(O[C@@H]5CO[C@H]6[C@@H]5OC[C@H]6O)[nH]c4cc3F)cc2)nc1. The lowest BCUT2D eigenvalue weighted by atomic mass is 10.0. The van der Waals surface area contributed by atoms with Gasteiger partial charge < -0.3 is 29.0 Å². The van der Waals surface area contributed by atoms with E-state index in [1.165, 1.54) is 13.2 Å². The first-order chi connectivity index (χ1) is 18.0. The number of methoxy groups -OCH3 is 1. The predicted octanol–water partition coefficient (Wildman–Crippen LogP) is 3.05. The normalized spacial score (nSPS) is 22.8. The summed E-state index contributed by atoms with van der Waals surface area (Å²) in [5.74, 6) is -0.365. The molecule has 0 unspecified atom stereocenters. The van der Waals surface area contributed by atoms with Crippen LogP contribution in [0.2, 0.25) is 0 Å². The Bertz CT molecular complexity index is 1440. The monoisotopic (exact) mass is 505 g/mol. The highest BCUT2D eigenvalue weighted by atomic mass is 19.1. The van der Waals surface area contributed by atoms with E-state index in [1.54, 1.807) is 24.4 Å². The molecule has 2 fully saturated rings. The third-order valence-corrected chi connectivity index (χ3v) is 6.65. The molecule has 2 aliphatic rings. The standard InChI is InChI=1S/C27H24FN3O6/c1-34-24(33)8-14-2-7-18(29-11-14)15-3-5-16(6-4-15)25-17(28)9-19-20(31-25)10-23(30-19)37-22-13-36-26-21(32)12-35-27(22)26/h2-7,9-11,21-22,26-27,30,32H,8,12-13H2,1H3/t21-,22-,26-,27-/m1/s1. The number of ether oxygens (including phenoxy) is 4. The molecular weight excluding hydrogens is 481 g/mol. The number of nitrogens with one attached hydrogen (secondary N) is 1. The number of carbonyl (C=O) groups is 1. The van der Waals surface area contributed by atoms with Gasteiger partial charge in [0.25, 0.3) is 0 Å². The summed E-state index contributed by atoms with van der Waals surface area (Å²) in [5.41, 5.74) is 4.24. The molecule has 0 bridgehead atoms. The number of halogens is 1. The first kappa shape index (κ1) is 23.5. The van der Waals surface area contributed by atoms with Crippen molar-refractivity contribution in [3.63, 3.8) is 0 Å². The van der Waals surface area contributed by atoms with Crippen LogP contribution in [0.25, 0.3) is 33.5 Å². The molecule has 0 saturated carbocycles. The van der Waals surface area contributed by atoms with Crippen LogP contribution in [0.4, 0.5) is 4.39 Å². The molecule has 5 heterocycles. The zero-order chi connectivity index (χ0) is 25.5. The minimum atomic E-state index is -0.660. The summed E-state index contributed by atoms with van der Waals surface area (Å²) in [7, 11) is 1.35. The fraction of sp³-hybridized carbons (Fsp3) is 0.296. The highest BCUT2D eigenvalue weighted by molar-refractivity contribution is 5.81. The lowest BCUT2D eigenvalue weighted by Gasteiger charge is -2.16. The van der Waals surface area contributed by atoms with E-state index in [0.29, 0.717) is 29.1 Å². The summed E-state index contributed by atoms with van der Waals surface area (Å²) in [6.45, 7) is 0.511. The van der Waals surface area contributed by atoms with Crippen LogP contribution in [0.5, 0.6) is 5.88 Å². The van der Waals surface area contributed by atoms with E-state index in [0.717, 1.165) is 16.8 Å². The summed E-state index contributed by atoms with van der Waals surface area (Å²) in [5, 5.41) is 9.91. The molecule has 0 radical (unpaired) electrons. The van der Waals surface area contributed by atoms with Gasteiger partial charge in [-0.2, -0.15) is 0 Å². The third-order valence-electron chi connectivity index (χ3n) is 6.65. The van der Waals surface area contributed by atoms with Crippen LogP contribution in [0.1, 0.15) is 5.56 Å². The molecule has 6 rings (SSSR count). The van der Waals surface area contributed by atoms with E-state index < -0.39 is 18.0 Å². The fourth-order valence-corrected chi connectivity index (χ4v) is 4.72. The Balaban J connectivity index is 1.20. The van der Waals surface area contributed by atoms with Gasteiger partial charge in [0.15, 0.2) is 17.8 Å². The molecule has 37 heavy (non-hydrogen) atoms. The van der Waals surface area contributed by atoms with Crippen LogP contribution in [0.15, 0.2) is 54.7 Å². The van der Waals surface area contributed by atoms with E-state index in [1.807, 2.05) is 24.3 Å². The van der Waals surface area contributed by atoms with Crippen LogP contribution in [-0.4, -0.2) is 70.8 Å². The van der Waals surface area contributed by atoms with Gasteiger partial charge in [-0.25, -0.2) is 9.37 Å². The summed E-state index contributed by atoms with van der Waals surface area (Å²) < 4.78 is 36.9. The summed E-state index contributed by atoms with van der Waals surface area (Å²) >= 11 is 0. The number of aliphatic hydroxyl groups excluding tert-OH is 1. The molecular formula is C27H24FN3O6. The van der Waals surface area contributed by atoms with Crippen molar-refractivity contribution in [1.82, 2.24) is 15.0 Å². The van der Waals surface area contributed by atoms with Crippen molar-refractivity contribution in [3.05, 3.63) is 66.1 Å². The zero-order valence-corrected chi connectivity index (χ0v) is 19.9. The molecule has 9 nitrogen and oxygen atoms in total. The largest absolute Gasteiger partial charge is 0.470 e. The molecule has 2 N–H and O–H groups in total. The first-order valence-corrected chi connectivity index (χ1v) is 11.9. The van der Waals surface area contributed by atoms with Crippen molar-refractivity contribution >= 4 is 17.0 Å². The number of esters is 1. The van der Waals surface area contributed by atoms with Gasteiger partial charge in [0.2, 0.25) is 0 Å². The number of H-pyrrole nitrogens is 1. The number of rotatable bonds is 6. The van der Waals surface area contributed by atoms with Gasteiger partial charge in [-0.3, -0.25) is 9.78 Å². The quantitative estimate of drug-likeness (QED) is 0.384. The van der Waals surface area contributed by atoms with Crippen molar-refractivity contribution in [2.24, 2.45) is 0 Å². The minimum Gasteiger partial charge on any atom is -0.470 e. The van der Waals surface area contributed by atoms with Crippen molar-refractivity contribution in [2.45, 2.75) is 30.8 Å². The van der Waals surface area contributed by atoms with E-state index in [9.17, 15) is 14.3 Å². The molecule has 190 valence electrons. The third kappa shape index (κ3) is 4.55. The number of hydrogen-bond acceptors (Lipinski definition) is 8. The molecule has 0 aliphatic carbocycles. The number of fused-ring (bicyclic) bond motifs is 2. The van der Waals surface area contributed by atoms with Gasteiger partial charge in [-0.15, -0.1) is 0 Å². The van der Waals surface area contributed by atoms with E-state index in [4.69, 9.17) is 14.2 Å². The summed E-state index contributed by atoms with van der Waals surface area (Å²) in [4.78, 5) is 23.4. The number of benzene rings is 1. The van der Waals surface area contributed by atoms with Crippen LogP contribution in [0, 0.1) is 5.82 Å². The molecule has 2 saturated heterocycles. The van der Waals surface area contributed by atoms with Gasteiger partial charge in [0, 0.05) is 29.5 Å². The number of pyridine rings is 2. The molecule has 10 heteroatoms. The summed E-state index contributed by atoms with van der Waals surface area (Å²) in [6, 6.07) is 14.0. The summed E-state index contributed by atoms with van der Waals surface area (Å²) in [6.07, 6.45) is 0.0166. The molecule has 0 spiro atoms. The Hall–Kier alpha value is -3.86. The lowest BCUT2D eigenvalue weighted by molar-refractivity contribution is -0.139. The van der Waals surface area contributed by atoms with E-state index in [-0.39, 0.29) is 36.9 Å². The second-order valence-electron chi connectivity index (χ2n) is 9.09. The Morgan fingerprint density at radius 1 is 1.11 bits per heavy atom. The van der Waals surface area contributed by atoms with Crippen molar-refractivity contribution in [1.29, 1.82) is 0 Å². The van der Waals surface area contributed by atoms with Crippen LogP contribution >= 0.6 is 0 Å². The smallest absolute Gasteiger partial charge is 0.310 e. The Labute approximate surface area is 211 Å². The number of nitrogens with zero attached hydrogens (tertiary/aromatic N) is 2. The molecule has 1 aromatic carbocycles. The number of aromatic amines is 1. The maximum absolute atomic E-state index is 15.0. The lowest BCUT2D eigenvalue weighted by Crippen LogP contribution is -2.34. The number of carbonyl (C=O) groups excluding carboxylic acids is 1. The molecule has 2 aliphatic heterocycles. The van der Waals surface area contributed by atoms with Crippen molar-refractivity contribution in [3.8, 4) is 28.4 Å². The maximum Gasteiger partial charge on any atom is 0.310 e. The Kier molecular flexibility index (Phi) is 6.07. The Morgan fingerprint density at radius 3 is 2.65 bits per heavy atom. The van der Waals surface area contributed by atoms with Gasteiger partial charge in [-0.1, -0.05) is 30.3 Å². The number of hydrogen-bond donors (Lipinski definition) is 2. The van der Waals surface area contributed by atoms with Crippen molar-refractivity contribution in [2.75, 3.05) is 20.3 Å². The van der Waals surface area contributed by atoms with Crippen LogP contribution < -0.4 is 4.74 Å². The average molecular weight is 506 g/mol. The van der Waals surface area contributed by atoms with E-state index >= 15 is 0 Å². The second-order valence-corrected chi connectivity index (χ2v) is 9.09. The molecule has 0 amide bonds. The van der Waals surface area contributed by atoms with Crippen molar-refractivity contribution < 1.29 is 33.2 Å².